The van der Waals surface area contributed by atoms with Crippen molar-refractivity contribution in [3.8, 4) is 5.88 Å². The number of nitrogens with one attached hydrogen (secondary N) is 1. The summed E-state index contributed by atoms with van der Waals surface area (Å²) in [4.78, 5) is 27.7. The monoisotopic (exact) mass is 267 g/mol. The molecule has 1 aromatic rings. The van der Waals surface area contributed by atoms with Crippen LogP contribution in [0.4, 0.5) is 10.5 Å². The highest BCUT2D eigenvalue weighted by molar-refractivity contribution is 5.91. The summed E-state index contributed by atoms with van der Waals surface area (Å²) >= 11 is 0. The van der Waals surface area contributed by atoms with Gasteiger partial charge in [-0.1, -0.05) is 6.92 Å². The van der Waals surface area contributed by atoms with Crippen molar-refractivity contribution < 1.29 is 19.4 Å². The van der Waals surface area contributed by atoms with Crippen molar-refractivity contribution >= 4 is 17.7 Å². The lowest BCUT2D eigenvalue weighted by Crippen LogP contribution is -2.39. The minimum atomic E-state index is -1.04. The van der Waals surface area contributed by atoms with Gasteiger partial charge in [-0.05, 0) is 12.5 Å². The van der Waals surface area contributed by atoms with E-state index in [0.717, 1.165) is 0 Å². The van der Waals surface area contributed by atoms with Gasteiger partial charge in [-0.25, -0.2) is 9.78 Å². The third-order valence-electron chi connectivity index (χ3n) is 2.30. The van der Waals surface area contributed by atoms with E-state index in [1.165, 1.54) is 18.2 Å². The van der Waals surface area contributed by atoms with Crippen LogP contribution in [0.15, 0.2) is 18.3 Å². The van der Waals surface area contributed by atoms with Crippen LogP contribution in [0.25, 0.3) is 0 Å². The first-order valence-corrected chi connectivity index (χ1v) is 5.84. The number of pyridine rings is 1. The molecule has 1 aromatic heterocycles. The summed E-state index contributed by atoms with van der Waals surface area (Å²) in [5.74, 6) is -0.606. The van der Waals surface area contributed by atoms with E-state index in [-0.39, 0.29) is 6.54 Å². The molecule has 0 bridgehead atoms. The molecule has 1 rings (SSSR count). The maximum atomic E-state index is 11.9. The van der Waals surface area contributed by atoms with Crippen molar-refractivity contribution in [1.29, 1.82) is 0 Å². The minimum Gasteiger partial charge on any atom is -0.481 e. The van der Waals surface area contributed by atoms with Crippen molar-refractivity contribution in [2.75, 3.05) is 25.5 Å². The second kappa shape index (κ2) is 7.20. The van der Waals surface area contributed by atoms with Crippen LogP contribution in [-0.4, -0.2) is 47.2 Å². The number of urea groups is 1. The molecule has 0 aliphatic rings. The van der Waals surface area contributed by atoms with Gasteiger partial charge in [0, 0.05) is 12.6 Å². The number of carboxylic acid groups (broad SMARTS) is 1. The summed E-state index contributed by atoms with van der Waals surface area (Å²) in [6, 6.07) is 2.78. The number of amides is 2. The number of hydrogen-bond donors (Lipinski definition) is 2. The average Bonchev–Trinajstić information content (AvgIpc) is 2.38. The fraction of sp³-hybridized carbons (Fsp3) is 0.417. The van der Waals surface area contributed by atoms with Gasteiger partial charge in [0.15, 0.2) is 0 Å². The van der Waals surface area contributed by atoms with E-state index in [4.69, 9.17) is 9.84 Å². The Balaban J connectivity index is 2.66. The SMILES string of the molecule is CCCN(CC(=O)O)C(=O)Nc1ccc(OC)nc1. The van der Waals surface area contributed by atoms with Crippen LogP contribution in [0.1, 0.15) is 13.3 Å². The number of ether oxygens (including phenoxy) is 1. The van der Waals surface area contributed by atoms with E-state index in [2.05, 4.69) is 10.3 Å². The van der Waals surface area contributed by atoms with Gasteiger partial charge in [-0.2, -0.15) is 0 Å². The van der Waals surface area contributed by atoms with Gasteiger partial charge in [-0.3, -0.25) is 4.79 Å². The Morgan fingerprint density at radius 2 is 2.21 bits per heavy atom. The van der Waals surface area contributed by atoms with E-state index < -0.39 is 12.0 Å². The molecule has 0 aromatic carbocycles. The first-order valence-electron chi connectivity index (χ1n) is 5.84. The van der Waals surface area contributed by atoms with Gasteiger partial charge in [0.05, 0.1) is 19.0 Å². The predicted octanol–water partition coefficient (Wildman–Crippen LogP) is 1.42. The molecule has 0 atom stereocenters. The molecule has 104 valence electrons. The van der Waals surface area contributed by atoms with Gasteiger partial charge in [0.25, 0.3) is 0 Å². The highest BCUT2D eigenvalue weighted by atomic mass is 16.5. The number of anilines is 1. The first kappa shape index (κ1) is 14.7. The van der Waals surface area contributed by atoms with Crippen molar-refractivity contribution in [3.63, 3.8) is 0 Å². The number of hydrogen-bond acceptors (Lipinski definition) is 4. The number of carbonyl (C=O) groups excluding carboxylic acids is 1. The van der Waals surface area contributed by atoms with E-state index in [1.807, 2.05) is 6.92 Å². The molecule has 2 N–H and O–H groups in total. The summed E-state index contributed by atoms with van der Waals surface area (Å²) in [6.07, 6.45) is 2.13. The topological polar surface area (TPSA) is 91.8 Å². The summed E-state index contributed by atoms with van der Waals surface area (Å²) in [6.45, 7) is 1.92. The zero-order valence-corrected chi connectivity index (χ0v) is 10.9. The number of aromatic nitrogens is 1. The summed E-state index contributed by atoms with van der Waals surface area (Å²) in [5.41, 5.74) is 0.484. The highest BCUT2D eigenvalue weighted by Crippen LogP contribution is 2.11. The van der Waals surface area contributed by atoms with E-state index in [9.17, 15) is 9.59 Å². The molecule has 0 spiro atoms. The summed E-state index contributed by atoms with van der Waals surface area (Å²) < 4.78 is 4.90. The Hall–Kier alpha value is -2.31. The van der Waals surface area contributed by atoms with Gasteiger partial charge in [0.1, 0.15) is 6.54 Å². The van der Waals surface area contributed by atoms with Crippen molar-refractivity contribution in [2.24, 2.45) is 0 Å². The zero-order valence-electron chi connectivity index (χ0n) is 10.9. The molecule has 1 heterocycles. The van der Waals surface area contributed by atoms with Crippen LogP contribution in [0, 0.1) is 0 Å². The fourth-order valence-electron chi connectivity index (χ4n) is 1.46. The molecule has 19 heavy (non-hydrogen) atoms. The largest absolute Gasteiger partial charge is 0.481 e. The normalized spacial score (nSPS) is 9.79. The molecule has 7 heteroatoms. The molecular formula is C12H17N3O4. The number of rotatable bonds is 6. The lowest BCUT2D eigenvalue weighted by Gasteiger charge is -2.20. The molecule has 0 fully saturated rings. The summed E-state index contributed by atoms with van der Waals surface area (Å²) in [7, 11) is 1.50. The Morgan fingerprint density at radius 3 is 2.68 bits per heavy atom. The van der Waals surface area contributed by atoms with Crippen LogP contribution >= 0.6 is 0 Å². The molecule has 7 nitrogen and oxygen atoms in total. The molecule has 2 amide bonds. The Morgan fingerprint density at radius 1 is 1.47 bits per heavy atom. The maximum Gasteiger partial charge on any atom is 0.323 e. The predicted molar refractivity (Wildman–Crippen MR) is 69.3 cm³/mol. The van der Waals surface area contributed by atoms with Crippen LogP contribution in [0.3, 0.4) is 0 Å². The lowest BCUT2D eigenvalue weighted by atomic mass is 10.4. The van der Waals surface area contributed by atoms with Gasteiger partial charge in [0.2, 0.25) is 5.88 Å². The highest BCUT2D eigenvalue weighted by Gasteiger charge is 2.15. The first-order chi connectivity index (χ1) is 9.06. The second-order valence-electron chi connectivity index (χ2n) is 3.83. The number of nitrogens with zero attached hydrogens (tertiary/aromatic N) is 2. The van der Waals surface area contributed by atoms with Crippen LogP contribution in [0.5, 0.6) is 5.88 Å². The lowest BCUT2D eigenvalue weighted by molar-refractivity contribution is -0.137. The third-order valence-corrected chi connectivity index (χ3v) is 2.30. The molecule has 0 saturated carbocycles. The van der Waals surface area contributed by atoms with E-state index in [0.29, 0.717) is 24.5 Å². The summed E-state index contributed by atoms with van der Waals surface area (Å²) in [5, 5.41) is 11.3. The van der Waals surface area contributed by atoms with Crippen molar-refractivity contribution in [1.82, 2.24) is 9.88 Å². The minimum absolute atomic E-state index is 0.330. The molecule has 0 radical (unpaired) electrons. The quantitative estimate of drug-likeness (QED) is 0.813. The van der Waals surface area contributed by atoms with Crippen molar-refractivity contribution in [3.05, 3.63) is 18.3 Å². The fourth-order valence-corrected chi connectivity index (χ4v) is 1.46. The zero-order chi connectivity index (χ0) is 14.3. The number of methoxy groups -OCH3 is 1. The van der Waals surface area contributed by atoms with Gasteiger partial charge in [-0.15, -0.1) is 0 Å². The Bertz CT molecular complexity index is 433. The third kappa shape index (κ3) is 4.82. The Labute approximate surface area is 111 Å². The van der Waals surface area contributed by atoms with E-state index in [1.54, 1.807) is 12.1 Å². The maximum absolute atomic E-state index is 11.9. The second-order valence-corrected chi connectivity index (χ2v) is 3.83. The Kier molecular flexibility index (Phi) is 5.59. The average molecular weight is 267 g/mol. The smallest absolute Gasteiger partial charge is 0.323 e. The molecule has 0 aliphatic carbocycles. The van der Waals surface area contributed by atoms with Crippen LogP contribution < -0.4 is 10.1 Å². The standard InChI is InChI=1S/C12H17N3O4/c1-3-6-15(8-11(16)17)12(18)14-9-4-5-10(19-2)13-7-9/h4-5,7H,3,6,8H2,1-2H3,(H,14,18)(H,16,17). The van der Waals surface area contributed by atoms with Crippen LogP contribution in [-0.2, 0) is 4.79 Å². The molecular weight excluding hydrogens is 250 g/mol. The molecule has 0 aliphatic heterocycles. The number of carboxylic acids is 1. The number of aliphatic carboxylic acids is 1. The molecule has 0 unspecified atom stereocenters. The van der Waals surface area contributed by atoms with Gasteiger partial charge >= 0.3 is 12.0 Å². The number of carbonyl (C=O) groups is 2. The molecule has 0 saturated heterocycles. The van der Waals surface area contributed by atoms with Crippen molar-refractivity contribution in [2.45, 2.75) is 13.3 Å². The van der Waals surface area contributed by atoms with Crippen LogP contribution in [0.2, 0.25) is 0 Å². The van der Waals surface area contributed by atoms with Gasteiger partial charge < -0.3 is 20.1 Å². The van der Waals surface area contributed by atoms with E-state index >= 15 is 0 Å².